The van der Waals surface area contributed by atoms with Gasteiger partial charge < -0.3 is 20.8 Å². The molecular weight excluding hydrogens is 459 g/mol. The van der Waals surface area contributed by atoms with Gasteiger partial charge in [0.25, 0.3) is 0 Å². The maximum Gasteiger partial charge on any atom is 0.165 e. The van der Waals surface area contributed by atoms with Crippen molar-refractivity contribution < 1.29 is 4.74 Å². The molecule has 3 aromatic heterocycles. The molecule has 4 rings (SSSR count). The second-order valence-electron chi connectivity index (χ2n) is 6.90. The molecule has 0 aliphatic rings. The van der Waals surface area contributed by atoms with Crippen molar-refractivity contribution >= 4 is 51.5 Å². The van der Waals surface area contributed by atoms with Gasteiger partial charge in [-0.05, 0) is 31.9 Å². The number of nitrogens with zero attached hydrogens (tertiary/aromatic N) is 6. The fourth-order valence-electron chi connectivity index (χ4n) is 3.11. The Labute approximate surface area is 192 Å². The lowest BCUT2D eigenvalue weighted by atomic mass is 10.1. The Morgan fingerprint density at radius 2 is 2.03 bits per heavy atom. The minimum atomic E-state index is -0.162. The summed E-state index contributed by atoms with van der Waals surface area (Å²) in [7, 11) is 0. The van der Waals surface area contributed by atoms with Gasteiger partial charge in [-0.25, -0.2) is 15.0 Å². The molecule has 0 amide bonds. The highest BCUT2D eigenvalue weighted by Crippen LogP contribution is 2.34. The molecule has 12 heteroatoms. The predicted octanol–water partition coefficient (Wildman–Crippen LogP) is 3.78. The van der Waals surface area contributed by atoms with Crippen LogP contribution >= 0.6 is 34.5 Å². The lowest BCUT2D eigenvalue weighted by Crippen LogP contribution is -2.12. The monoisotopic (exact) mass is 478 g/mol. The third-order valence-corrected chi connectivity index (χ3v) is 6.50. The Hall–Kier alpha value is -2.53. The number of nitrogens with two attached hydrogens (primary N) is 2. The largest absolute Gasteiger partial charge is 0.493 e. The van der Waals surface area contributed by atoms with Gasteiger partial charge in [-0.15, -0.1) is 21.5 Å². The van der Waals surface area contributed by atoms with Crippen LogP contribution in [-0.4, -0.2) is 36.3 Å². The molecule has 0 saturated heterocycles. The molecule has 0 fully saturated rings. The van der Waals surface area contributed by atoms with Crippen molar-refractivity contribution in [2.24, 2.45) is 5.73 Å². The number of anilines is 1. The molecule has 162 valence electrons. The maximum atomic E-state index is 6.51. The summed E-state index contributed by atoms with van der Waals surface area (Å²) in [6.45, 7) is 2.74. The number of hydrogen-bond donors (Lipinski definition) is 2. The molecule has 0 aliphatic heterocycles. The fourth-order valence-corrected chi connectivity index (χ4v) is 4.24. The van der Waals surface area contributed by atoms with Crippen LogP contribution in [0.3, 0.4) is 0 Å². The number of aromatic nitrogens is 6. The van der Waals surface area contributed by atoms with E-state index < -0.39 is 0 Å². The molecule has 0 unspecified atom stereocenters. The van der Waals surface area contributed by atoms with E-state index in [2.05, 4.69) is 25.1 Å². The SMILES string of the molecule is Cc1nnc([C@H](N)CCCOc2ccc(Cl)c(Cl)c2Cn2cnc3c(N)ncnc32)s1. The van der Waals surface area contributed by atoms with Crippen molar-refractivity contribution in [3.8, 4) is 5.75 Å². The molecule has 0 radical (unpaired) electrons. The second kappa shape index (κ2) is 9.31. The number of rotatable bonds is 8. The summed E-state index contributed by atoms with van der Waals surface area (Å²) in [6, 6.07) is 3.36. The van der Waals surface area contributed by atoms with E-state index in [-0.39, 0.29) is 6.04 Å². The van der Waals surface area contributed by atoms with Gasteiger partial charge in [0.2, 0.25) is 0 Å². The quantitative estimate of drug-likeness (QED) is 0.365. The minimum absolute atomic E-state index is 0.162. The summed E-state index contributed by atoms with van der Waals surface area (Å²) in [5.74, 6) is 0.956. The number of halogens is 2. The number of aryl methyl sites for hydroxylation is 1. The van der Waals surface area contributed by atoms with E-state index in [1.165, 1.54) is 17.7 Å². The van der Waals surface area contributed by atoms with Crippen LogP contribution in [0.1, 0.15) is 34.5 Å². The third-order valence-electron chi connectivity index (χ3n) is 4.69. The third kappa shape index (κ3) is 4.72. The van der Waals surface area contributed by atoms with Crippen LogP contribution in [0, 0.1) is 6.92 Å². The van der Waals surface area contributed by atoms with Gasteiger partial charge in [-0.1, -0.05) is 23.2 Å². The first kappa shape index (κ1) is 21.7. The Morgan fingerprint density at radius 3 is 2.81 bits per heavy atom. The average molecular weight is 479 g/mol. The van der Waals surface area contributed by atoms with Crippen LogP contribution in [0.5, 0.6) is 5.75 Å². The van der Waals surface area contributed by atoms with Crippen molar-refractivity contribution in [3.05, 3.63) is 50.4 Å². The summed E-state index contributed by atoms with van der Waals surface area (Å²) in [5.41, 5.74) is 13.9. The smallest absolute Gasteiger partial charge is 0.165 e. The van der Waals surface area contributed by atoms with E-state index in [9.17, 15) is 0 Å². The molecule has 1 aromatic carbocycles. The topological polar surface area (TPSA) is 131 Å². The van der Waals surface area contributed by atoms with E-state index in [0.29, 0.717) is 45.9 Å². The molecule has 4 N–H and O–H groups in total. The first-order valence-electron chi connectivity index (χ1n) is 9.50. The van der Waals surface area contributed by atoms with Crippen molar-refractivity contribution in [1.29, 1.82) is 0 Å². The number of nitrogen functional groups attached to an aromatic ring is 1. The molecule has 9 nitrogen and oxygen atoms in total. The molecule has 1 atom stereocenters. The van der Waals surface area contributed by atoms with Crippen LogP contribution in [0.25, 0.3) is 11.2 Å². The number of benzene rings is 1. The van der Waals surface area contributed by atoms with Gasteiger partial charge in [0.15, 0.2) is 11.5 Å². The van der Waals surface area contributed by atoms with E-state index in [1.54, 1.807) is 18.5 Å². The first-order chi connectivity index (χ1) is 14.9. The highest BCUT2D eigenvalue weighted by molar-refractivity contribution is 7.11. The molecule has 0 bridgehead atoms. The van der Waals surface area contributed by atoms with E-state index in [0.717, 1.165) is 28.4 Å². The number of ether oxygens (including phenoxy) is 1. The highest BCUT2D eigenvalue weighted by Gasteiger charge is 2.16. The zero-order valence-electron chi connectivity index (χ0n) is 16.6. The van der Waals surface area contributed by atoms with Gasteiger partial charge >= 0.3 is 0 Å². The van der Waals surface area contributed by atoms with Crippen molar-refractivity contribution in [2.45, 2.75) is 32.4 Å². The molecule has 3 heterocycles. The Balaban J connectivity index is 1.47. The number of fused-ring (bicyclic) bond motifs is 1. The average Bonchev–Trinajstić information content (AvgIpc) is 3.37. The highest BCUT2D eigenvalue weighted by atomic mass is 35.5. The summed E-state index contributed by atoms with van der Waals surface area (Å²) in [5, 5.41) is 10.7. The standard InChI is InChI=1S/C19H20Cl2N8OS/c1-10-27-28-19(31-10)13(22)3-2-6-30-14-5-4-12(20)15(21)11(14)7-29-9-26-16-17(23)24-8-25-18(16)29/h4-5,8-9,13H,2-3,6-7,22H2,1H3,(H2,23,24,25)/t13-/m1/s1. The van der Waals surface area contributed by atoms with E-state index >= 15 is 0 Å². The molecule has 0 aliphatic carbocycles. The van der Waals surface area contributed by atoms with Crippen molar-refractivity contribution in [1.82, 2.24) is 29.7 Å². The van der Waals surface area contributed by atoms with Gasteiger partial charge in [-0.3, -0.25) is 0 Å². The summed E-state index contributed by atoms with van der Waals surface area (Å²) < 4.78 is 7.85. The lowest BCUT2D eigenvalue weighted by molar-refractivity contribution is 0.298. The lowest BCUT2D eigenvalue weighted by Gasteiger charge is -2.15. The number of imidazole rings is 1. The molecule has 4 aromatic rings. The Kier molecular flexibility index (Phi) is 6.51. The summed E-state index contributed by atoms with van der Waals surface area (Å²) in [4.78, 5) is 12.5. The van der Waals surface area contributed by atoms with E-state index in [1.807, 2.05) is 11.5 Å². The minimum Gasteiger partial charge on any atom is -0.493 e. The van der Waals surface area contributed by atoms with Crippen molar-refractivity contribution in [3.63, 3.8) is 0 Å². The normalized spacial score (nSPS) is 12.4. The molecule has 0 spiro atoms. The summed E-state index contributed by atoms with van der Waals surface area (Å²) >= 11 is 14.3. The van der Waals surface area contributed by atoms with Gasteiger partial charge in [0, 0.05) is 5.56 Å². The van der Waals surface area contributed by atoms with Crippen LogP contribution in [0.4, 0.5) is 5.82 Å². The van der Waals surface area contributed by atoms with Crippen LogP contribution in [0.2, 0.25) is 10.0 Å². The first-order valence-corrected chi connectivity index (χ1v) is 11.1. The number of hydrogen-bond acceptors (Lipinski definition) is 9. The Bertz CT molecular complexity index is 1210. The van der Waals surface area contributed by atoms with Crippen LogP contribution < -0.4 is 16.2 Å². The zero-order chi connectivity index (χ0) is 22.0. The molecule has 31 heavy (non-hydrogen) atoms. The van der Waals surface area contributed by atoms with Gasteiger partial charge in [0.1, 0.15) is 27.6 Å². The maximum absolute atomic E-state index is 6.51. The fraction of sp³-hybridized carbons (Fsp3) is 0.316. The summed E-state index contributed by atoms with van der Waals surface area (Å²) in [6.07, 6.45) is 4.51. The van der Waals surface area contributed by atoms with Crippen LogP contribution in [-0.2, 0) is 6.54 Å². The van der Waals surface area contributed by atoms with Gasteiger partial charge in [0.05, 0.1) is 35.6 Å². The predicted molar refractivity (Wildman–Crippen MR) is 122 cm³/mol. The Morgan fingerprint density at radius 1 is 1.19 bits per heavy atom. The molecular formula is C19H20Cl2N8OS. The van der Waals surface area contributed by atoms with E-state index in [4.69, 9.17) is 39.4 Å². The van der Waals surface area contributed by atoms with Gasteiger partial charge in [-0.2, -0.15) is 0 Å². The molecule has 0 saturated carbocycles. The van der Waals surface area contributed by atoms with Crippen LogP contribution in [0.15, 0.2) is 24.8 Å². The zero-order valence-corrected chi connectivity index (χ0v) is 19.0. The van der Waals surface area contributed by atoms with Crippen molar-refractivity contribution in [2.75, 3.05) is 12.3 Å². The second-order valence-corrected chi connectivity index (χ2v) is 8.90.